The van der Waals surface area contributed by atoms with Crippen LogP contribution in [0.5, 0.6) is 0 Å². The first-order chi connectivity index (χ1) is 8.02. The normalized spacial score (nSPS) is 18.8. The van der Waals surface area contributed by atoms with Crippen molar-refractivity contribution < 1.29 is 8.42 Å². The Kier molecular flexibility index (Phi) is 3.28. The number of hydrogen-bond donors (Lipinski definition) is 0. The molecule has 0 aromatic heterocycles. The zero-order valence-corrected chi connectivity index (χ0v) is 11.6. The molecule has 90 valence electrons. The zero-order valence-electron chi connectivity index (χ0n) is 9.19. The average Bonchev–Trinajstić information content (AvgIpc) is 2.79. The van der Waals surface area contributed by atoms with Gasteiger partial charge in [0, 0.05) is 4.47 Å². The highest BCUT2D eigenvalue weighted by Crippen LogP contribution is 2.40. The molecule has 0 atom stereocenters. The predicted molar refractivity (Wildman–Crippen MR) is 68.1 cm³/mol. The van der Waals surface area contributed by atoms with Gasteiger partial charge in [0.25, 0.3) is 0 Å². The third kappa shape index (κ3) is 2.00. The lowest BCUT2D eigenvalue weighted by molar-refractivity contribution is 0.557. The minimum absolute atomic E-state index is 0.240. The van der Waals surface area contributed by atoms with E-state index in [1.807, 2.05) is 6.07 Å². The molecule has 0 saturated heterocycles. The number of sulfone groups is 1. The summed E-state index contributed by atoms with van der Waals surface area (Å²) in [6, 6.07) is 8.51. The second-order valence-electron chi connectivity index (χ2n) is 4.27. The summed E-state index contributed by atoms with van der Waals surface area (Å²) in [4.78, 5) is 0.240. The molecule has 0 amide bonds. The first-order valence-corrected chi connectivity index (χ1v) is 7.71. The van der Waals surface area contributed by atoms with Crippen LogP contribution in [0.3, 0.4) is 0 Å². The largest absolute Gasteiger partial charge is 0.222 e. The van der Waals surface area contributed by atoms with Crippen molar-refractivity contribution in [1.29, 1.82) is 5.26 Å². The summed E-state index contributed by atoms with van der Waals surface area (Å²) in [6.45, 7) is 0. The standard InChI is InChI=1S/C12H12BrNO2S/c13-10-3-5-11(6-4-10)17(15,16)12(9-14)7-1-2-8-12/h3-6H,1-2,7-8H2. The highest BCUT2D eigenvalue weighted by molar-refractivity contribution is 9.10. The number of hydrogen-bond acceptors (Lipinski definition) is 3. The van der Waals surface area contributed by atoms with Gasteiger partial charge >= 0.3 is 0 Å². The van der Waals surface area contributed by atoms with Crippen molar-refractivity contribution in [3.05, 3.63) is 28.7 Å². The number of nitrogens with zero attached hydrogens (tertiary/aromatic N) is 1. The minimum Gasteiger partial charge on any atom is -0.222 e. The zero-order chi connectivity index (χ0) is 12.5. The van der Waals surface area contributed by atoms with E-state index in [-0.39, 0.29) is 4.90 Å². The Morgan fingerprint density at radius 1 is 1.18 bits per heavy atom. The van der Waals surface area contributed by atoms with Gasteiger partial charge in [0.2, 0.25) is 0 Å². The lowest BCUT2D eigenvalue weighted by Crippen LogP contribution is -2.33. The molecule has 0 aliphatic heterocycles. The summed E-state index contributed by atoms with van der Waals surface area (Å²) >= 11 is 3.27. The van der Waals surface area contributed by atoms with E-state index >= 15 is 0 Å². The van der Waals surface area contributed by atoms with Crippen molar-refractivity contribution in [3.8, 4) is 6.07 Å². The van der Waals surface area contributed by atoms with Crippen LogP contribution in [0.4, 0.5) is 0 Å². The summed E-state index contributed by atoms with van der Waals surface area (Å²) in [5.41, 5.74) is 0. The molecule has 0 radical (unpaired) electrons. The summed E-state index contributed by atoms with van der Waals surface area (Å²) in [5, 5.41) is 9.23. The summed E-state index contributed by atoms with van der Waals surface area (Å²) < 4.78 is 24.5. The van der Waals surface area contributed by atoms with E-state index in [4.69, 9.17) is 0 Å². The van der Waals surface area contributed by atoms with Crippen LogP contribution in [0.25, 0.3) is 0 Å². The van der Waals surface area contributed by atoms with E-state index in [0.29, 0.717) is 12.8 Å². The first-order valence-electron chi connectivity index (χ1n) is 5.43. The van der Waals surface area contributed by atoms with Crippen LogP contribution in [-0.4, -0.2) is 13.2 Å². The molecule has 1 aliphatic carbocycles. The van der Waals surface area contributed by atoms with Gasteiger partial charge in [0.05, 0.1) is 11.0 Å². The molecule has 1 aromatic rings. The molecule has 0 unspecified atom stereocenters. The van der Waals surface area contributed by atoms with Crippen molar-refractivity contribution in [2.45, 2.75) is 35.3 Å². The average molecular weight is 314 g/mol. The van der Waals surface area contributed by atoms with E-state index in [2.05, 4.69) is 15.9 Å². The molecule has 0 heterocycles. The van der Waals surface area contributed by atoms with Gasteiger partial charge in [-0.25, -0.2) is 8.42 Å². The molecule has 1 aromatic carbocycles. The van der Waals surface area contributed by atoms with Crippen molar-refractivity contribution >= 4 is 25.8 Å². The Hall–Kier alpha value is -0.860. The quantitative estimate of drug-likeness (QED) is 0.843. The van der Waals surface area contributed by atoms with Gasteiger partial charge in [0.1, 0.15) is 0 Å². The van der Waals surface area contributed by atoms with Crippen molar-refractivity contribution in [3.63, 3.8) is 0 Å². The molecular weight excluding hydrogens is 302 g/mol. The second-order valence-corrected chi connectivity index (χ2v) is 7.45. The maximum Gasteiger partial charge on any atom is 0.197 e. The summed E-state index contributed by atoms with van der Waals surface area (Å²) in [6.07, 6.45) is 2.51. The summed E-state index contributed by atoms with van der Waals surface area (Å²) in [5.74, 6) is 0. The SMILES string of the molecule is N#CC1(S(=O)(=O)c2ccc(Br)cc2)CCCC1. The fourth-order valence-corrected chi connectivity index (χ4v) is 4.38. The fraction of sp³-hybridized carbons (Fsp3) is 0.417. The molecule has 1 saturated carbocycles. The third-order valence-electron chi connectivity index (χ3n) is 3.25. The highest BCUT2D eigenvalue weighted by atomic mass is 79.9. The predicted octanol–water partition coefficient (Wildman–Crippen LogP) is 3.06. The summed E-state index contributed by atoms with van der Waals surface area (Å²) in [7, 11) is -3.55. The van der Waals surface area contributed by atoms with Crippen LogP contribution in [0.2, 0.25) is 0 Å². The molecule has 0 N–H and O–H groups in total. The van der Waals surface area contributed by atoms with Crippen LogP contribution >= 0.6 is 15.9 Å². The Bertz CT molecular complexity index is 551. The number of halogens is 1. The topological polar surface area (TPSA) is 57.9 Å². The van der Waals surface area contributed by atoms with Gasteiger partial charge < -0.3 is 0 Å². The molecule has 0 spiro atoms. The maximum atomic E-state index is 12.5. The van der Waals surface area contributed by atoms with Crippen LogP contribution in [0, 0.1) is 11.3 Å². The fourth-order valence-electron chi connectivity index (χ4n) is 2.23. The van der Waals surface area contributed by atoms with Gasteiger partial charge in [-0.05, 0) is 37.1 Å². The lowest BCUT2D eigenvalue weighted by atomic mass is 10.1. The second kappa shape index (κ2) is 4.43. The number of rotatable bonds is 2. The molecule has 5 heteroatoms. The van der Waals surface area contributed by atoms with Gasteiger partial charge in [-0.15, -0.1) is 0 Å². The van der Waals surface area contributed by atoms with Crippen LogP contribution < -0.4 is 0 Å². The van der Waals surface area contributed by atoms with Crippen LogP contribution in [0.15, 0.2) is 33.6 Å². The van der Waals surface area contributed by atoms with E-state index in [9.17, 15) is 13.7 Å². The van der Waals surface area contributed by atoms with Gasteiger partial charge in [-0.3, -0.25) is 0 Å². The Balaban J connectivity index is 2.50. The molecular formula is C12H12BrNO2S. The number of nitriles is 1. The highest BCUT2D eigenvalue weighted by Gasteiger charge is 2.47. The lowest BCUT2D eigenvalue weighted by Gasteiger charge is -2.20. The van der Waals surface area contributed by atoms with E-state index in [1.165, 1.54) is 0 Å². The Morgan fingerprint density at radius 2 is 1.71 bits per heavy atom. The van der Waals surface area contributed by atoms with Gasteiger partial charge in [-0.2, -0.15) is 5.26 Å². The van der Waals surface area contributed by atoms with Crippen LogP contribution in [-0.2, 0) is 9.84 Å². The molecule has 1 aliphatic rings. The van der Waals surface area contributed by atoms with E-state index in [0.717, 1.165) is 17.3 Å². The van der Waals surface area contributed by atoms with Crippen molar-refractivity contribution in [2.75, 3.05) is 0 Å². The Labute approximate surface area is 110 Å². The number of benzene rings is 1. The van der Waals surface area contributed by atoms with Crippen molar-refractivity contribution in [1.82, 2.24) is 0 Å². The third-order valence-corrected chi connectivity index (χ3v) is 6.20. The molecule has 17 heavy (non-hydrogen) atoms. The Morgan fingerprint density at radius 3 is 2.18 bits per heavy atom. The maximum absolute atomic E-state index is 12.5. The smallest absolute Gasteiger partial charge is 0.197 e. The van der Waals surface area contributed by atoms with Crippen molar-refractivity contribution in [2.24, 2.45) is 0 Å². The molecule has 3 nitrogen and oxygen atoms in total. The van der Waals surface area contributed by atoms with Gasteiger partial charge in [0.15, 0.2) is 14.6 Å². The monoisotopic (exact) mass is 313 g/mol. The van der Waals surface area contributed by atoms with Crippen LogP contribution in [0.1, 0.15) is 25.7 Å². The molecule has 2 rings (SSSR count). The van der Waals surface area contributed by atoms with E-state index < -0.39 is 14.6 Å². The van der Waals surface area contributed by atoms with E-state index in [1.54, 1.807) is 24.3 Å². The molecule has 0 bridgehead atoms. The molecule has 1 fully saturated rings. The minimum atomic E-state index is -3.55. The van der Waals surface area contributed by atoms with Gasteiger partial charge in [-0.1, -0.05) is 28.8 Å². The first kappa shape index (κ1) is 12.6.